The second kappa shape index (κ2) is 9.36. The van der Waals surface area contributed by atoms with Gasteiger partial charge in [-0.3, -0.25) is 4.99 Å². The molecule has 0 heterocycles. The molecule has 5 nitrogen and oxygen atoms in total. The minimum Gasteiger partial charge on any atom is -0.357 e. The van der Waals surface area contributed by atoms with Crippen molar-refractivity contribution in [3.8, 4) is 0 Å². The van der Waals surface area contributed by atoms with Crippen LogP contribution in [0.1, 0.15) is 50.7 Å². The van der Waals surface area contributed by atoms with E-state index >= 15 is 0 Å². The summed E-state index contributed by atoms with van der Waals surface area (Å²) in [4.78, 5) is 4.62. The van der Waals surface area contributed by atoms with Crippen LogP contribution >= 0.6 is 0 Å². The molecule has 1 atom stereocenters. The molecule has 0 radical (unpaired) electrons. The summed E-state index contributed by atoms with van der Waals surface area (Å²) in [7, 11) is -3.04. The highest BCUT2D eigenvalue weighted by molar-refractivity contribution is 7.90. The smallest absolute Gasteiger partial charge is 0.357 e. The van der Waals surface area contributed by atoms with Crippen LogP contribution in [0.3, 0.4) is 0 Å². The summed E-state index contributed by atoms with van der Waals surface area (Å²) in [5.74, 6) is 0.626. The largest absolute Gasteiger partial charge is 0.416 e. The highest BCUT2D eigenvalue weighted by Gasteiger charge is 2.40. The molecule has 0 aromatic heterocycles. The Morgan fingerprint density at radius 3 is 2.52 bits per heavy atom. The Morgan fingerprint density at radius 1 is 1.31 bits per heavy atom. The number of guanidine groups is 1. The first-order chi connectivity index (χ1) is 13.5. The van der Waals surface area contributed by atoms with Crippen molar-refractivity contribution in [2.45, 2.75) is 57.2 Å². The number of benzene rings is 1. The van der Waals surface area contributed by atoms with Crippen LogP contribution in [0, 0.1) is 0 Å². The number of rotatable bonds is 8. The summed E-state index contributed by atoms with van der Waals surface area (Å²) < 4.78 is 62.0. The fraction of sp³-hybridized carbons (Fsp3) is 0.650. The first kappa shape index (κ1) is 23.5. The van der Waals surface area contributed by atoms with Gasteiger partial charge in [0.2, 0.25) is 0 Å². The fourth-order valence-electron chi connectivity index (χ4n) is 3.41. The Morgan fingerprint density at radius 2 is 2.00 bits per heavy atom. The van der Waals surface area contributed by atoms with Gasteiger partial charge in [0, 0.05) is 24.3 Å². The van der Waals surface area contributed by atoms with Gasteiger partial charge in [-0.2, -0.15) is 13.2 Å². The lowest BCUT2D eigenvalue weighted by atomic mass is 9.64. The molecule has 0 spiro atoms. The van der Waals surface area contributed by atoms with Crippen LogP contribution in [-0.4, -0.2) is 45.5 Å². The van der Waals surface area contributed by atoms with Crippen LogP contribution in [0.2, 0.25) is 0 Å². The predicted molar refractivity (Wildman–Crippen MR) is 110 cm³/mol. The zero-order chi connectivity index (χ0) is 21.7. The second-order valence-electron chi connectivity index (χ2n) is 7.87. The maximum Gasteiger partial charge on any atom is 0.416 e. The Hall–Kier alpha value is -1.77. The molecule has 1 aliphatic rings. The third-order valence-corrected chi connectivity index (χ3v) is 6.28. The van der Waals surface area contributed by atoms with Crippen molar-refractivity contribution in [3.63, 3.8) is 0 Å². The van der Waals surface area contributed by atoms with Gasteiger partial charge in [0.1, 0.15) is 9.84 Å². The van der Waals surface area contributed by atoms with Gasteiger partial charge in [-0.05, 0) is 44.7 Å². The van der Waals surface area contributed by atoms with Gasteiger partial charge in [0.05, 0.1) is 17.9 Å². The second-order valence-corrected chi connectivity index (χ2v) is 10.1. The molecule has 1 fully saturated rings. The summed E-state index contributed by atoms with van der Waals surface area (Å²) in [5, 5.41) is 6.32. The topological polar surface area (TPSA) is 70.6 Å². The molecule has 2 rings (SSSR count). The molecule has 0 saturated heterocycles. The molecular formula is C20H30F3N3O2S. The Balaban J connectivity index is 2.13. The van der Waals surface area contributed by atoms with Gasteiger partial charge < -0.3 is 10.6 Å². The van der Waals surface area contributed by atoms with E-state index in [-0.39, 0.29) is 17.2 Å². The van der Waals surface area contributed by atoms with Crippen molar-refractivity contribution < 1.29 is 21.6 Å². The Kier molecular flexibility index (Phi) is 7.59. The number of halogens is 3. The molecule has 0 aliphatic heterocycles. The molecule has 0 amide bonds. The van der Waals surface area contributed by atoms with E-state index in [0.29, 0.717) is 31.0 Å². The molecule has 1 aromatic carbocycles. The lowest BCUT2D eigenvalue weighted by Crippen LogP contribution is -2.45. The Labute approximate surface area is 171 Å². The standard InChI is InChI=1S/C20H30F3N3O2S/c1-4-24-18(26-15(2)9-12-29(3,27)28)25-14-19(10-6-11-19)16-7-5-8-17(13-16)20(21,22)23/h5,7-8,13,15H,4,6,9-12,14H2,1-3H3,(H2,24,25,26). The molecule has 29 heavy (non-hydrogen) atoms. The molecule has 0 bridgehead atoms. The summed E-state index contributed by atoms with van der Waals surface area (Å²) in [5.41, 5.74) is -0.354. The number of hydrogen-bond donors (Lipinski definition) is 2. The van der Waals surface area contributed by atoms with E-state index in [1.807, 2.05) is 13.8 Å². The first-order valence-corrected chi connectivity index (χ1v) is 11.9. The minimum atomic E-state index is -4.37. The zero-order valence-electron chi connectivity index (χ0n) is 17.1. The van der Waals surface area contributed by atoms with Crippen molar-refractivity contribution in [1.29, 1.82) is 0 Å². The first-order valence-electron chi connectivity index (χ1n) is 9.85. The minimum absolute atomic E-state index is 0.0781. The van der Waals surface area contributed by atoms with Crippen LogP contribution < -0.4 is 10.6 Å². The predicted octanol–water partition coefficient (Wildman–Crippen LogP) is 3.51. The highest BCUT2D eigenvalue weighted by atomic mass is 32.2. The number of nitrogens with zero attached hydrogens (tertiary/aromatic N) is 1. The van der Waals surface area contributed by atoms with Crippen LogP contribution in [0.5, 0.6) is 0 Å². The van der Waals surface area contributed by atoms with Crippen molar-refractivity contribution >= 4 is 15.8 Å². The van der Waals surface area contributed by atoms with Gasteiger partial charge in [0.15, 0.2) is 5.96 Å². The van der Waals surface area contributed by atoms with E-state index in [0.717, 1.165) is 25.3 Å². The third-order valence-electron chi connectivity index (χ3n) is 5.30. The molecule has 1 unspecified atom stereocenters. The molecule has 1 aromatic rings. The third kappa shape index (κ3) is 6.90. The van der Waals surface area contributed by atoms with E-state index in [2.05, 4.69) is 15.6 Å². The van der Waals surface area contributed by atoms with Gasteiger partial charge in [0.25, 0.3) is 0 Å². The van der Waals surface area contributed by atoms with Crippen molar-refractivity contribution in [2.75, 3.05) is 25.1 Å². The average Bonchev–Trinajstić information content (AvgIpc) is 2.58. The van der Waals surface area contributed by atoms with Crippen LogP contribution in [0.25, 0.3) is 0 Å². The normalized spacial score (nSPS) is 18.1. The van der Waals surface area contributed by atoms with E-state index in [1.165, 1.54) is 18.4 Å². The van der Waals surface area contributed by atoms with Crippen LogP contribution in [0.15, 0.2) is 29.3 Å². The Bertz CT molecular complexity index is 819. The molecule has 164 valence electrons. The number of hydrogen-bond acceptors (Lipinski definition) is 3. The summed E-state index contributed by atoms with van der Waals surface area (Å²) in [6, 6.07) is 5.43. The SMILES string of the molecule is CCNC(=NCC1(c2cccc(C(F)(F)F)c2)CCC1)NC(C)CCS(C)(=O)=O. The van der Waals surface area contributed by atoms with Gasteiger partial charge >= 0.3 is 6.18 Å². The highest BCUT2D eigenvalue weighted by Crippen LogP contribution is 2.45. The van der Waals surface area contributed by atoms with Crippen LogP contribution in [-0.2, 0) is 21.4 Å². The van der Waals surface area contributed by atoms with Gasteiger partial charge in [-0.1, -0.05) is 24.6 Å². The van der Waals surface area contributed by atoms with Crippen molar-refractivity contribution in [2.24, 2.45) is 4.99 Å². The molecular weight excluding hydrogens is 403 g/mol. The van der Waals surface area contributed by atoms with E-state index in [1.54, 1.807) is 6.07 Å². The van der Waals surface area contributed by atoms with Crippen molar-refractivity contribution in [3.05, 3.63) is 35.4 Å². The fourth-order valence-corrected chi connectivity index (χ4v) is 4.20. The van der Waals surface area contributed by atoms with E-state index < -0.39 is 21.6 Å². The summed E-state index contributed by atoms with van der Waals surface area (Å²) in [6.45, 7) is 4.80. The molecule has 9 heteroatoms. The quantitative estimate of drug-likeness (QED) is 0.486. The molecule has 1 saturated carbocycles. The van der Waals surface area contributed by atoms with Crippen LogP contribution in [0.4, 0.5) is 13.2 Å². The monoisotopic (exact) mass is 433 g/mol. The lowest BCUT2D eigenvalue weighted by molar-refractivity contribution is -0.137. The number of nitrogens with one attached hydrogen (secondary N) is 2. The lowest BCUT2D eigenvalue weighted by Gasteiger charge is -2.41. The number of aliphatic imine (C=N–C) groups is 1. The van der Waals surface area contributed by atoms with Gasteiger partial charge in [-0.15, -0.1) is 0 Å². The van der Waals surface area contributed by atoms with E-state index in [4.69, 9.17) is 0 Å². The zero-order valence-corrected chi connectivity index (χ0v) is 18.0. The maximum absolute atomic E-state index is 13.1. The molecule has 2 N–H and O–H groups in total. The van der Waals surface area contributed by atoms with Crippen molar-refractivity contribution in [1.82, 2.24) is 10.6 Å². The number of sulfone groups is 1. The number of alkyl halides is 3. The van der Waals surface area contributed by atoms with Gasteiger partial charge in [-0.25, -0.2) is 8.42 Å². The maximum atomic E-state index is 13.1. The summed E-state index contributed by atoms with van der Waals surface area (Å²) >= 11 is 0. The average molecular weight is 434 g/mol. The summed E-state index contributed by atoms with van der Waals surface area (Å²) in [6.07, 6.45) is -0.172. The molecule has 1 aliphatic carbocycles. The van der Waals surface area contributed by atoms with E-state index in [9.17, 15) is 21.6 Å².